The minimum Gasteiger partial charge on any atom is -0.462 e. The SMILES string of the molecule is CC/C=C\C/C=C\C/C=C\C/C=C\CCCCCCC(=O)OC(COC(=O)CCCCCCCC/C=C\C/C=C\C/C=C\CCCCC)COP(=O)(O)OCC(CO)OC(=O)CCCCCCC/C=C\C/C=C\CCC. The zero-order chi connectivity index (χ0) is 55.5. The Bertz CT molecular complexity index is 1690. The van der Waals surface area contributed by atoms with Crippen LogP contribution in [0.5, 0.6) is 0 Å². The number of phosphoric ester groups is 1. The molecule has 3 atom stereocenters. The zero-order valence-corrected chi connectivity index (χ0v) is 48.8. The minimum atomic E-state index is -4.77. The maximum atomic E-state index is 12.9. The van der Waals surface area contributed by atoms with E-state index in [1.165, 1.54) is 25.7 Å². The molecular weight excluding hydrogens is 976 g/mol. The molecule has 0 saturated heterocycles. The van der Waals surface area contributed by atoms with E-state index in [4.69, 9.17) is 23.3 Å². The molecule has 3 unspecified atom stereocenters. The summed E-state index contributed by atoms with van der Waals surface area (Å²) in [6.07, 6.45) is 69.0. The number of aliphatic hydroxyl groups excluding tert-OH is 1. The van der Waals surface area contributed by atoms with Gasteiger partial charge < -0.3 is 24.2 Å². The topological polar surface area (TPSA) is 155 Å². The summed E-state index contributed by atoms with van der Waals surface area (Å²) in [5.74, 6) is -1.53. The number of phosphoric acid groups is 1. The highest BCUT2D eigenvalue weighted by Gasteiger charge is 2.28. The average Bonchev–Trinajstić information content (AvgIpc) is 3.41. The highest BCUT2D eigenvalue weighted by Crippen LogP contribution is 2.43. The standard InChI is InChI=1S/C64H107O11P/c1-4-7-10-13-16-19-22-25-27-29-30-32-33-36-38-41-44-47-50-53-62(66)71-57-61(75-64(68)55-52-49-46-43-40-37-34-31-28-26-23-20-17-14-11-8-5-2)59-73-76(69,70)72-58-60(56-65)74-63(67)54-51-48-45-42-39-35-24-21-18-15-12-9-6-3/h8,11-12,15-17,19-21,24-28,30,32,34,37,60-61,65H,4-7,9-10,13-14,18,22-23,29,31,33,35-36,38-59H2,1-3H3,(H,69,70)/b11-8-,15-12-,19-16-,20-17-,24-21-,27-25-,28-26-,32-30-,37-34-. The van der Waals surface area contributed by atoms with Crippen molar-refractivity contribution in [3.8, 4) is 0 Å². The van der Waals surface area contributed by atoms with Crippen LogP contribution in [0.25, 0.3) is 0 Å². The normalized spacial score (nSPS) is 14.1. The lowest BCUT2D eigenvalue weighted by atomic mass is 10.1. The third-order valence-corrected chi connectivity index (χ3v) is 13.1. The van der Waals surface area contributed by atoms with Crippen molar-refractivity contribution >= 4 is 25.7 Å². The van der Waals surface area contributed by atoms with Gasteiger partial charge in [-0.25, -0.2) is 4.57 Å². The summed E-state index contributed by atoms with van der Waals surface area (Å²) >= 11 is 0. The predicted octanol–water partition coefficient (Wildman–Crippen LogP) is 17.8. The highest BCUT2D eigenvalue weighted by molar-refractivity contribution is 7.47. The van der Waals surface area contributed by atoms with Gasteiger partial charge in [0.15, 0.2) is 6.10 Å². The molecular formula is C64H107O11P. The van der Waals surface area contributed by atoms with Gasteiger partial charge in [0, 0.05) is 19.3 Å². The zero-order valence-electron chi connectivity index (χ0n) is 47.9. The molecule has 0 saturated carbocycles. The third kappa shape index (κ3) is 54.9. The fourth-order valence-electron chi connectivity index (χ4n) is 7.63. The maximum absolute atomic E-state index is 12.9. The van der Waals surface area contributed by atoms with Gasteiger partial charge in [0.1, 0.15) is 12.7 Å². The minimum absolute atomic E-state index is 0.130. The molecule has 0 fully saturated rings. The number of carbonyl (C=O) groups excluding carboxylic acids is 3. The molecule has 2 N–H and O–H groups in total. The summed E-state index contributed by atoms with van der Waals surface area (Å²) in [6, 6.07) is 0. The fourth-order valence-corrected chi connectivity index (χ4v) is 8.41. The number of hydrogen-bond donors (Lipinski definition) is 2. The first kappa shape index (κ1) is 72.1. The van der Waals surface area contributed by atoms with Gasteiger partial charge in [-0.3, -0.25) is 23.4 Å². The molecule has 0 rings (SSSR count). The summed E-state index contributed by atoms with van der Waals surface area (Å²) in [6.45, 7) is 4.38. The van der Waals surface area contributed by atoms with Gasteiger partial charge in [-0.2, -0.15) is 0 Å². The largest absolute Gasteiger partial charge is 0.472 e. The van der Waals surface area contributed by atoms with Crippen molar-refractivity contribution < 1.29 is 52.2 Å². The van der Waals surface area contributed by atoms with Crippen molar-refractivity contribution in [2.75, 3.05) is 26.4 Å². The number of esters is 3. The molecule has 76 heavy (non-hydrogen) atoms. The van der Waals surface area contributed by atoms with E-state index in [-0.39, 0.29) is 25.9 Å². The van der Waals surface area contributed by atoms with Crippen molar-refractivity contribution in [3.63, 3.8) is 0 Å². The maximum Gasteiger partial charge on any atom is 0.472 e. The van der Waals surface area contributed by atoms with Crippen molar-refractivity contribution in [1.82, 2.24) is 0 Å². The quantitative estimate of drug-likeness (QED) is 0.0197. The van der Waals surface area contributed by atoms with E-state index in [0.29, 0.717) is 19.3 Å². The molecule has 0 aliphatic rings. The summed E-state index contributed by atoms with van der Waals surface area (Å²) < 4.78 is 39.5. The number of allylic oxidation sites excluding steroid dienone is 18. The van der Waals surface area contributed by atoms with Gasteiger partial charge in [0.25, 0.3) is 0 Å². The molecule has 0 heterocycles. The van der Waals surface area contributed by atoms with Gasteiger partial charge in [-0.1, -0.05) is 207 Å². The van der Waals surface area contributed by atoms with Crippen LogP contribution in [0.15, 0.2) is 109 Å². The average molecular weight is 1080 g/mol. The molecule has 0 aromatic carbocycles. The van der Waals surface area contributed by atoms with Crippen molar-refractivity contribution in [3.05, 3.63) is 109 Å². The molecule has 0 aromatic rings. The molecule has 0 aromatic heterocycles. The summed E-state index contributed by atoms with van der Waals surface area (Å²) in [5, 5.41) is 9.81. The van der Waals surface area contributed by atoms with E-state index in [1.807, 2.05) is 0 Å². The summed E-state index contributed by atoms with van der Waals surface area (Å²) in [7, 11) is -4.77. The van der Waals surface area contributed by atoms with Crippen LogP contribution in [0.4, 0.5) is 0 Å². The van der Waals surface area contributed by atoms with Crippen molar-refractivity contribution in [1.29, 1.82) is 0 Å². The first-order valence-electron chi connectivity index (χ1n) is 29.8. The van der Waals surface area contributed by atoms with Gasteiger partial charge >= 0.3 is 25.7 Å². The second-order valence-electron chi connectivity index (χ2n) is 19.4. The molecule has 434 valence electrons. The van der Waals surface area contributed by atoms with E-state index in [1.54, 1.807) is 0 Å². The van der Waals surface area contributed by atoms with Crippen LogP contribution in [-0.2, 0) is 42.2 Å². The number of hydrogen-bond acceptors (Lipinski definition) is 10. The Morgan fingerprint density at radius 3 is 1.11 bits per heavy atom. The smallest absolute Gasteiger partial charge is 0.462 e. The molecule has 0 bridgehead atoms. The summed E-state index contributed by atoms with van der Waals surface area (Å²) in [4.78, 5) is 48.6. The van der Waals surface area contributed by atoms with Crippen LogP contribution in [0.2, 0.25) is 0 Å². The number of ether oxygens (including phenoxy) is 3. The van der Waals surface area contributed by atoms with Crippen molar-refractivity contribution in [2.45, 2.75) is 251 Å². The first-order valence-corrected chi connectivity index (χ1v) is 31.3. The molecule has 11 nitrogen and oxygen atoms in total. The Labute approximate surface area is 463 Å². The lowest BCUT2D eigenvalue weighted by Gasteiger charge is -2.21. The second-order valence-corrected chi connectivity index (χ2v) is 20.9. The van der Waals surface area contributed by atoms with E-state index >= 15 is 0 Å². The van der Waals surface area contributed by atoms with Crippen molar-refractivity contribution in [2.24, 2.45) is 0 Å². The molecule has 0 amide bonds. The fraction of sp³-hybridized carbons (Fsp3) is 0.672. The van der Waals surface area contributed by atoms with Crippen LogP contribution in [-0.4, -0.2) is 66.5 Å². The Balaban J connectivity index is 4.81. The van der Waals surface area contributed by atoms with E-state index in [0.717, 1.165) is 154 Å². The molecule has 0 spiro atoms. The Morgan fingerprint density at radius 1 is 0.382 bits per heavy atom. The molecule has 0 radical (unpaired) electrons. The Kier molecular flexibility index (Phi) is 54.4. The first-order chi connectivity index (χ1) is 37.2. The van der Waals surface area contributed by atoms with E-state index in [2.05, 4.69) is 130 Å². The number of unbranched alkanes of at least 4 members (excludes halogenated alkanes) is 19. The lowest BCUT2D eigenvalue weighted by Crippen LogP contribution is -2.30. The van der Waals surface area contributed by atoms with Crippen LogP contribution in [0, 0.1) is 0 Å². The van der Waals surface area contributed by atoms with Crippen LogP contribution >= 0.6 is 7.82 Å². The highest BCUT2D eigenvalue weighted by atomic mass is 31.2. The lowest BCUT2D eigenvalue weighted by molar-refractivity contribution is -0.161. The number of aliphatic hydroxyl groups is 1. The molecule has 0 aliphatic carbocycles. The van der Waals surface area contributed by atoms with E-state index in [9.17, 15) is 28.9 Å². The van der Waals surface area contributed by atoms with Gasteiger partial charge in [0.2, 0.25) is 0 Å². The number of carbonyl (C=O) groups is 3. The van der Waals surface area contributed by atoms with Gasteiger partial charge in [-0.15, -0.1) is 0 Å². The van der Waals surface area contributed by atoms with Gasteiger partial charge in [-0.05, 0) is 122 Å². The molecule has 12 heteroatoms. The van der Waals surface area contributed by atoms with E-state index < -0.39 is 57.8 Å². The van der Waals surface area contributed by atoms with Gasteiger partial charge in [0.05, 0.1) is 19.8 Å². The van der Waals surface area contributed by atoms with Crippen LogP contribution < -0.4 is 0 Å². The summed E-state index contributed by atoms with van der Waals surface area (Å²) in [5.41, 5.74) is 0. The Hall–Kier alpha value is -3.86. The monoisotopic (exact) mass is 1080 g/mol. The second kappa shape index (κ2) is 57.3. The molecule has 0 aliphatic heterocycles. The third-order valence-electron chi connectivity index (χ3n) is 12.1. The number of rotatable bonds is 54. The Morgan fingerprint density at radius 2 is 0.711 bits per heavy atom. The van der Waals surface area contributed by atoms with Crippen LogP contribution in [0.3, 0.4) is 0 Å². The predicted molar refractivity (Wildman–Crippen MR) is 316 cm³/mol. The van der Waals surface area contributed by atoms with Crippen LogP contribution in [0.1, 0.15) is 239 Å².